The third kappa shape index (κ3) is 10.3. The fourth-order valence-corrected chi connectivity index (χ4v) is 2.77. The van der Waals surface area contributed by atoms with E-state index in [0.29, 0.717) is 19.3 Å². The summed E-state index contributed by atoms with van der Waals surface area (Å²) in [5, 5.41) is 5.06. The molecular weight excluding hydrogens is 350 g/mol. The molecule has 1 fully saturated rings. The number of allylic oxidation sites excluding steroid dienone is 2. The highest BCUT2D eigenvalue weighted by molar-refractivity contribution is 5.93. The Morgan fingerprint density at radius 1 is 0.778 bits per heavy atom. The van der Waals surface area contributed by atoms with E-state index in [-0.39, 0.29) is 12.1 Å². The second-order valence-corrected chi connectivity index (χ2v) is 7.20. The van der Waals surface area contributed by atoms with Gasteiger partial charge < -0.3 is 10.6 Å². The summed E-state index contributed by atoms with van der Waals surface area (Å²) in [5.41, 5.74) is 0. The molecule has 4 nitrogen and oxygen atoms in total. The SMILES string of the molecule is CCCCCC/C=C(/F)C(=O)N[C@H]1C[C@H]1NC(=O)/C(F)=C\CCCCCC. The van der Waals surface area contributed by atoms with Crippen LogP contribution in [0.5, 0.6) is 0 Å². The number of amides is 2. The second kappa shape index (κ2) is 13.4. The van der Waals surface area contributed by atoms with Crippen LogP contribution in [0.2, 0.25) is 0 Å². The highest BCUT2D eigenvalue weighted by Crippen LogP contribution is 2.22. The number of halogens is 2. The Balaban J connectivity index is 2.24. The zero-order valence-corrected chi connectivity index (χ0v) is 16.7. The number of carbonyl (C=O) groups excluding carboxylic acids is 2. The quantitative estimate of drug-likeness (QED) is 0.327. The lowest BCUT2D eigenvalue weighted by atomic mass is 10.1. The Labute approximate surface area is 161 Å². The van der Waals surface area contributed by atoms with Gasteiger partial charge in [0.05, 0.1) is 12.1 Å². The molecule has 0 aromatic carbocycles. The van der Waals surface area contributed by atoms with Crippen LogP contribution < -0.4 is 10.6 Å². The highest BCUT2D eigenvalue weighted by Gasteiger charge is 2.40. The van der Waals surface area contributed by atoms with Crippen LogP contribution in [0.1, 0.15) is 84.5 Å². The van der Waals surface area contributed by atoms with Gasteiger partial charge in [0, 0.05) is 0 Å². The lowest BCUT2D eigenvalue weighted by Crippen LogP contribution is -2.35. The van der Waals surface area contributed by atoms with E-state index in [1.54, 1.807) is 0 Å². The van der Waals surface area contributed by atoms with Gasteiger partial charge in [0.1, 0.15) is 0 Å². The van der Waals surface area contributed by atoms with Gasteiger partial charge in [-0.15, -0.1) is 0 Å². The van der Waals surface area contributed by atoms with E-state index in [0.717, 1.165) is 51.4 Å². The third-order valence-corrected chi connectivity index (χ3v) is 4.62. The van der Waals surface area contributed by atoms with Crippen LogP contribution >= 0.6 is 0 Å². The molecule has 0 radical (unpaired) electrons. The molecule has 154 valence electrons. The Morgan fingerprint density at radius 3 is 1.56 bits per heavy atom. The summed E-state index contributed by atoms with van der Waals surface area (Å²) in [4.78, 5) is 23.5. The molecule has 0 saturated heterocycles. The van der Waals surface area contributed by atoms with Crippen LogP contribution in [0, 0.1) is 0 Å². The first-order valence-electron chi connectivity index (χ1n) is 10.3. The van der Waals surface area contributed by atoms with Gasteiger partial charge in [-0.25, -0.2) is 8.78 Å². The molecule has 0 unspecified atom stereocenters. The monoisotopic (exact) mass is 384 g/mol. The van der Waals surface area contributed by atoms with E-state index >= 15 is 0 Å². The van der Waals surface area contributed by atoms with Gasteiger partial charge in [-0.2, -0.15) is 0 Å². The maximum atomic E-state index is 13.7. The van der Waals surface area contributed by atoms with Crippen molar-refractivity contribution in [2.45, 2.75) is 96.6 Å². The summed E-state index contributed by atoms with van der Waals surface area (Å²) < 4.78 is 27.5. The minimum atomic E-state index is -0.790. The average molecular weight is 385 g/mol. The lowest BCUT2D eigenvalue weighted by molar-refractivity contribution is -0.120. The van der Waals surface area contributed by atoms with E-state index < -0.39 is 23.5 Å². The second-order valence-electron chi connectivity index (χ2n) is 7.20. The van der Waals surface area contributed by atoms with Gasteiger partial charge in [-0.3, -0.25) is 9.59 Å². The van der Waals surface area contributed by atoms with Crippen LogP contribution in [0.3, 0.4) is 0 Å². The summed E-state index contributed by atoms with van der Waals surface area (Å²) in [5.74, 6) is -3.11. The molecule has 1 aliphatic rings. The summed E-state index contributed by atoms with van der Waals surface area (Å²) in [7, 11) is 0. The first-order chi connectivity index (χ1) is 13.0. The van der Waals surface area contributed by atoms with E-state index in [4.69, 9.17) is 0 Å². The van der Waals surface area contributed by atoms with Crippen molar-refractivity contribution >= 4 is 11.8 Å². The fraction of sp³-hybridized carbons (Fsp3) is 0.714. The largest absolute Gasteiger partial charge is 0.345 e. The predicted molar refractivity (Wildman–Crippen MR) is 104 cm³/mol. The number of nitrogens with one attached hydrogen (secondary N) is 2. The number of carbonyl (C=O) groups is 2. The van der Waals surface area contributed by atoms with Gasteiger partial charge in [-0.1, -0.05) is 52.4 Å². The minimum absolute atomic E-state index is 0.335. The molecule has 0 heterocycles. The van der Waals surface area contributed by atoms with Crippen molar-refractivity contribution in [3.63, 3.8) is 0 Å². The first kappa shape index (κ1) is 23.3. The molecule has 1 aliphatic carbocycles. The molecule has 0 aliphatic heterocycles. The molecule has 0 aromatic rings. The van der Waals surface area contributed by atoms with E-state index in [2.05, 4.69) is 24.5 Å². The molecule has 2 N–H and O–H groups in total. The minimum Gasteiger partial charge on any atom is -0.345 e. The van der Waals surface area contributed by atoms with E-state index in [1.807, 2.05) is 0 Å². The van der Waals surface area contributed by atoms with Gasteiger partial charge in [-0.05, 0) is 44.3 Å². The molecule has 2 amide bonds. The van der Waals surface area contributed by atoms with E-state index in [1.165, 1.54) is 12.2 Å². The molecule has 6 heteroatoms. The van der Waals surface area contributed by atoms with Crippen molar-refractivity contribution in [3.05, 3.63) is 23.8 Å². The maximum Gasteiger partial charge on any atom is 0.279 e. The smallest absolute Gasteiger partial charge is 0.279 e. The van der Waals surface area contributed by atoms with Crippen LogP contribution in [-0.2, 0) is 9.59 Å². The summed E-state index contributed by atoms with van der Waals surface area (Å²) in [6.07, 6.45) is 12.4. The Morgan fingerprint density at radius 2 is 1.19 bits per heavy atom. The van der Waals surface area contributed by atoms with Crippen LogP contribution in [0.25, 0.3) is 0 Å². The summed E-state index contributed by atoms with van der Waals surface area (Å²) >= 11 is 0. The molecule has 1 rings (SSSR count). The standard InChI is InChI=1S/C21H34F2N2O2/c1-3-5-7-9-11-13-16(22)20(26)24-18-15-19(18)25-21(27)17(23)14-12-10-8-6-4-2/h13-14,18-19H,3-12,15H2,1-2H3,(H,24,26)(H,25,27)/b16-13+,17-14+/t18-,19+. The first-order valence-corrected chi connectivity index (χ1v) is 10.3. The zero-order valence-electron chi connectivity index (χ0n) is 16.7. The molecule has 0 spiro atoms. The van der Waals surface area contributed by atoms with Gasteiger partial charge in [0.15, 0.2) is 11.7 Å². The van der Waals surface area contributed by atoms with Crippen LogP contribution in [-0.4, -0.2) is 23.9 Å². The maximum absolute atomic E-state index is 13.7. The zero-order chi connectivity index (χ0) is 20.1. The van der Waals surface area contributed by atoms with Crippen molar-refractivity contribution < 1.29 is 18.4 Å². The van der Waals surface area contributed by atoms with Gasteiger partial charge in [0.25, 0.3) is 11.8 Å². The summed E-state index contributed by atoms with van der Waals surface area (Å²) in [6, 6.07) is -0.670. The third-order valence-electron chi connectivity index (χ3n) is 4.62. The van der Waals surface area contributed by atoms with Gasteiger partial charge in [0.2, 0.25) is 0 Å². The lowest BCUT2D eigenvalue weighted by Gasteiger charge is -2.05. The van der Waals surface area contributed by atoms with E-state index in [9.17, 15) is 18.4 Å². The fourth-order valence-electron chi connectivity index (χ4n) is 2.77. The number of hydrogen-bond acceptors (Lipinski definition) is 2. The Hall–Kier alpha value is -1.72. The van der Waals surface area contributed by atoms with Crippen molar-refractivity contribution in [1.82, 2.24) is 10.6 Å². The van der Waals surface area contributed by atoms with Gasteiger partial charge >= 0.3 is 0 Å². The Bertz CT molecular complexity index is 486. The van der Waals surface area contributed by atoms with Crippen molar-refractivity contribution in [1.29, 1.82) is 0 Å². The van der Waals surface area contributed by atoms with Crippen molar-refractivity contribution in [2.24, 2.45) is 0 Å². The van der Waals surface area contributed by atoms with Crippen molar-refractivity contribution in [2.75, 3.05) is 0 Å². The molecule has 2 atom stereocenters. The normalized spacial score (nSPS) is 19.7. The number of unbranched alkanes of at least 4 members (excludes halogenated alkanes) is 8. The summed E-state index contributed by atoms with van der Waals surface area (Å²) in [6.45, 7) is 4.20. The Kier molecular flexibility index (Phi) is 11.6. The number of hydrogen-bond donors (Lipinski definition) is 2. The topological polar surface area (TPSA) is 58.2 Å². The number of rotatable bonds is 14. The highest BCUT2D eigenvalue weighted by atomic mass is 19.1. The predicted octanol–water partition coefficient (Wildman–Crippen LogP) is 5.01. The molecule has 0 bridgehead atoms. The molecule has 0 aromatic heterocycles. The van der Waals surface area contributed by atoms with Crippen molar-refractivity contribution in [3.8, 4) is 0 Å². The van der Waals surface area contributed by atoms with Crippen LogP contribution in [0.4, 0.5) is 8.78 Å². The average Bonchev–Trinajstić information content (AvgIpc) is 3.37. The van der Waals surface area contributed by atoms with Crippen LogP contribution in [0.15, 0.2) is 23.8 Å². The molecular formula is C21H34F2N2O2. The molecule has 1 saturated carbocycles. The molecule has 27 heavy (non-hydrogen) atoms.